The van der Waals surface area contributed by atoms with Gasteiger partial charge in [0.15, 0.2) is 0 Å². The smallest absolute Gasteiger partial charge is 0.248 e. The lowest BCUT2D eigenvalue weighted by molar-refractivity contribution is -0.114. The number of hydrogen-bond donors (Lipinski definition) is 3. The SMILES string of the molecule is Cc1ccc(C)c(NCC(=O)Nc2ccc(C(N)=O)cc2)c1. The Hall–Kier alpha value is -2.82. The predicted molar refractivity (Wildman–Crippen MR) is 88.0 cm³/mol. The Morgan fingerprint density at radius 2 is 1.73 bits per heavy atom. The van der Waals surface area contributed by atoms with E-state index in [0.717, 1.165) is 16.8 Å². The zero-order valence-corrected chi connectivity index (χ0v) is 12.6. The van der Waals surface area contributed by atoms with Crippen molar-refractivity contribution in [3.63, 3.8) is 0 Å². The summed E-state index contributed by atoms with van der Waals surface area (Å²) >= 11 is 0. The third-order valence-corrected chi connectivity index (χ3v) is 3.29. The fourth-order valence-corrected chi connectivity index (χ4v) is 2.02. The molecule has 0 aliphatic carbocycles. The summed E-state index contributed by atoms with van der Waals surface area (Å²) in [5, 5.41) is 5.88. The number of anilines is 2. The molecule has 0 saturated carbocycles. The first-order valence-corrected chi connectivity index (χ1v) is 6.96. The second kappa shape index (κ2) is 6.76. The van der Waals surface area contributed by atoms with Crippen molar-refractivity contribution in [2.45, 2.75) is 13.8 Å². The summed E-state index contributed by atoms with van der Waals surface area (Å²) < 4.78 is 0. The van der Waals surface area contributed by atoms with E-state index in [4.69, 9.17) is 5.73 Å². The molecule has 2 rings (SSSR count). The second-order valence-electron chi connectivity index (χ2n) is 5.16. The van der Waals surface area contributed by atoms with Gasteiger partial charge in [-0.3, -0.25) is 9.59 Å². The second-order valence-corrected chi connectivity index (χ2v) is 5.16. The summed E-state index contributed by atoms with van der Waals surface area (Å²) in [6.07, 6.45) is 0. The van der Waals surface area contributed by atoms with Crippen LogP contribution in [0.3, 0.4) is 0 Å². The predicted octanol–water partition coefficient (Wildman–Crippen LogP) is 2.45. The van der Waals surface area contributed by atoms with Crippen LogP contribution < -0.4 is 16.4 Å². The first-order valence-electron chi connectivity index (χ1n) is 6.96. The van der Waals surface area contributed by atoms with Crippen molar-refractivity contribution in [3.05, 3.63) is 59.2 Å². The molecule has 0 saturated heterocycles. The highest BCUT2D eigenvalue weighted by atomic mass is 16.2. The third-order valence-electron chi connectivity index (χ3n) is 3.29. The molecule has 5 heteroatoms. The Labute approximate surface area is 129 Å². The Bertz CT molecular complexity index is 694. The number of aryl methyl sites for hydroxylation is 2. The number of nitrogens with two attached hydrogens (primary N) is 1. The Morgan fingerprint density at radius 3 is 2.36 bits per heavy atom. The fourth-order valence-electron chi connectivity index (χ4n) is 2.02. The standard InChI is InChI=1S/C17H19N3O2/c1-11-3-4-12(2)15(9-11)19-10-16(21)20-14-7-5-13(6-8-14)17(18)22/h3-9,19H,10H2,1-2H3,(H2,18,22)(H,20,21). The van der Waals surface area contributed by atoms with E-state index in [1.807, 2.05) is 32.0 Å². The van der Waals surface area contributed by atoms with Crippen LogP contribution in [0.1, 0.15) is 21.5 Å². The summed E-state index contributed by atoms with van der Waals surface area (Å²) in [4.78, 5) is 22.9. The molecule has 22 heavy (non-hydrogen) atoms. The number of nitrogens with one attached hydrogen (secondary N) is 2. The van der Waals surface area contributed by atoms with Crippen LogP contribution >= 0.6 is 0 Å². The van der Waals surface area contributed by atoms with E-state index < -0.39 is 5.91 Å². The van der Waals surface area contributed by atoms with Crippen LogP contribution in [-0.4, -0.2) is 18.4 Å². The zero-order valence-electron chi connectivity index (χ0n) is 12.6. The molecule has 0 fully saturated rings. The number of hydrogen-bond acceptors (Lipinski definition) is 3. The van der Waals surface area contributed by atoms with Crippen molar-refractivity contribution in [2.24, 2.45) is 5.73 Å². The summed E-state index contributed by atoms with van der Waals surface area (Å²) in [7, 11) is 0. The number of primary amides is 1. The molecule has 114 valence electrons. The Balaban J connectivity index is 1.92. The van der Waals surface area contributed by atoms with E-state index in [2.05, 4.69) is 10.6 Å². The molecule has 0 aliphatic heterocycles. The summed E-state index contributed by atoms with van der Waals surface area (Å²) in [5.41, 5.74) is 9.36. The monoisotopic (exact) mass is 297 g/mol. The first kappa shape index (κ1) is 15.6. The first-order chi connectivity index (χ1) is 10.5. The Morgan fingerprint density at radius 1 is 1.05 bits per heavy atom. The summed E-state index contributed by atoms with van der Waals surface area (Å²) in [6.45, 7) is 4.16. The number of amides is 2. The summed E-state index contributed by atoms with van der Waals surface area (Å²) in [5.74, 6) is -0.651. The topological polar surface area (TPSA) is 84.2 Å². The maximum absolute atomic E-state index is 11.9. The minimum atomic E-state index is -0.491. The lowest BCUT2D eigenvalue weighted by Crippen LogP contribution is -2.22. The number of benzene rings is 2. The molecule has 0 bridgehead atoms. The van der Waals surface area contributed by atoms with E-state index in [1.54, 1.807) is 24.3 Å². The number of rotatable bonds is 5. The van der Waals surface area contributed by atoms with Gasteiger partial charge in [0, 0.05) is 16.9 Å². The quantitative estimate of drug-likeness (QED) is 0.792. The van der Waals surface area contributed by atoms with E-state index in [9.17, 15) is 9.59 Å². The van der Waals surface area contributed by atoms with Crippen molar-refractivity contribution >= 4 is 23.2 Å². The van der Waals surface area contributed by atoms with Crippen LogP contribution in [0, 0.1) is 13.8 Å². The highest BCUT2D eigenvalue weighted by molar-refractivity contribution is 5.96. The van der Waals surface area contributed by atoms with Gasteiger partial charge in [-0.05, 0) is 55.3 Å². The molecule has 0 radical (unpaired) electrons. The van der Waals surface area contributed by atoms with Crippen LogP contribution in [0.5, 0.6) is 0 Å². The molecule has 4 N–H and O–H groups in total. The van der Waals surface area contributed by atoms with Crippen LogP contribution in [0.2, 0.25) is 0 Å². The van der Waals surface area contributed by atoms with Gasteiger partial charge in [-0.1, -0.05) is 12.1 Å². The highest BCUT2D eigenvalue weighted by Gasteiger charge is 2.05. The Kier molecular flexibility index (Phi) is 4.78. The summed E-state index contributed by atoms with van der Waals surface area (Å²) in [6, 6.07) is 12.5. The van der Waals surface area contributed by atoms with E-state index >= 15 is 0 Å². The van der Waals surface area contributed by atoms with Crippen molar-refractivity contribution in [2.75, 3.05) is 17.2 Å². The maximum Gasteiger partial charge on any atom is 0.248 e. The minimum Gasteiger partial charge on any atom is -0.376 e. The third kappa shape index (κ3) is 4.09. The van der Waals surface area contributed by atoms with Gasteiger partial charge in [-0.25, -0.2) is 0 Å². The van der Waals surface area contributed by atoms with Crippen molar-refractivity contribution in [1.29, 1.82) is 0 Å². The van der Waals surface area contributed by atoms with Gasteiger partial charge in [0.2, 0.25) is 11.8 Å². The van der Waals surface area contributed by atoms with Gasteiger partial charge >= 0.3 is 0 Å². The van der Waals surface area contributed by atoms with Crippen molar-refractivity contribution < 1.29 is 9.59 Å². The van der Waals surface area contributed by atoms with Gasteiger partial charge in [-0.2, -0.15) is 0 Å². The van der Waals surface area contributed by atoms with Gasteiger partial charge in [-0.15, -0.1) is 0 Å². The molecule has 2 aromatic rings. The maximum atomic E-state index is 11.9. The molecule has 2 aromatic carbocycles. The molecule has 0 heterocycles. The molecule has 0 aliphatic rings. The van der Waals surface area contributed by atoms with Crippen molar-refractivity contribution in [3.8, 4) is 0 Å². The number of carbonyl (C=O) groups excluding carboxylic acids is 2. The van der Waals surface area contributed by atoms with Crippen LogP contribution in [0.25, 0.3) is 0 Å². The molecule has 0 aromatic heterocycles. The molecule has 2 amide bonds. The zero-order chi connectivity index (χ0) is 16.1. The molecular formula is C17H19N3O2. The van der Waals surface area contributed by atoms with Crippen molar-refractivity contribution in [1.82, 2.24) is 0 Å². The van der Waals surface area contributed by atoms with E-state index in [-0.39, 0.29) is 12.5 Å². The van der Waals surface area contributed by atoms with Gasteiger partial charge < -0.3 is 16.4 Å². The van der Waals surface area contributed by atoms with E-state index in [0.29, 0.717) is 11.3 Å². The van der Waals surface area contributed by atoms with Crippen LogP contribution in [0.15, 0.2) is 42.5 Å². The fraction of sp³-hybridized carbons (Fsp3) is 0.176. The average Bonchev–Trinajstić information content (AvgIpc) is 2.49. The van der Waals surface area contributed by atoms with Crippen LogP contribution in [-0.2, 0) is 4.79 Å². The molecule has 0 atom stereocenters. The molecule has 0 unspecified atom stereocenters. The molecule has 0 spiro atoms. The average molecular weight is 297 g/mol. The van der Waals surface area contributed by atoms with Gasteiger partial charge in [0.05, 0.1) is 6.54 Å². The molecule has 5 nitrogen and oxygen atoms in total. The lowest BCUT2D eigenvalue weighted by atomic mass is 10.1. The lowest BCUT2D eigenvalue weighted by Gasteiger charge is -2.11. The van der Waals surface area contributed by atoms with Crippen LogP contribution in [0.4, 0.5) is 11.4 Å². The normalized spacial score (nSPS) is 10.1. The highest BCUT2D eigenvalue weighted by Crippen LogP contribution is 2.16. The van der Waals surface area contributed by atoms with Gasteiger partial charge in [0.1, 0.15) is 0 Å². The minimum absolute atomic E-state index is 0.160. The van der Waals surface area contributed by atoms with E-state index in [1.165, 1.54) is 0 Å². The number of carbonyl (C=O) groups is 2. The largest absolute Gasteiger partial charge is 0.376 e. The van der Waals surface area contributed by atoms with Gasteiger partial charge in [0.25, 0.3) is 0 Å². The molecular weight excluding hydrogens is 278 g/mol.